The van der Waals surface area contributed by atoms with Gasteiger partial charge in [0, 0.05) is 31.8 Å². The maximum Gasteiger partial charge on any atom is 0.275 e. The van der Waals surface area contributed by atoms with Gasteiger partial charge in [-0.3, -0.25) is 14.5 Å². The fourth-order valence-electron chi connectivity index (χ4n) is 3.71. The zero-order valence-electron chi connectivity index (χ0n) is 17.7. The Morgan fingerprint density at radius 3 is 3.03 bits per heavy atom. The smallest absolute Gasteiger partial charge is 0.275 e. The van der Waals surface area contributed by atoms with E-state index in [1.165, 1.54) is 11.3 Å². The summed E-state index contributed by atoms with van der Waals surface area (Å²) in [5.41, 5.74) is 9.72. The third-order valence-corrected chi connectivity index (χ3v) is 6.34. The first-order valence-corrected chi connectivity index (χ1v) is 11.0. The summed E-state index contributed by atoms with van der Waals surface area (Å²) in [6.45, 7) is 2.36. The largest absolute Gasteiger partial charge is 0.377 e. The highest BCUT2D eigenvalue weighted by Gasteiger charge is 2.30. The van der Waals surface area contributed by atoms with Gasteiger partial charge in [-0.2, -0.15) is 5.10 Å². The number of anilines is 1. The van der Waals surface area contributed by atoms with Crippen LogP contribution in [0.2, 0.25) is 0 Å². The summed E-state index contributed by atoms with van der Waals surface area (Å²) < 4.78 is 13.2. The molecule has 0 bridgehead atoms. The number of ether oxygens (including phenoxy) is 2. The lowest BCUT2D eigenvalue weighted by atomic mass is 10.0. The SMILES string of the molecule is CO[C@@H]1CO[C@H](c2c(NC(=O)c3csc(-c4ncccc4C)n3)cnn2C)CC[C@H]1N. The molecule has 164 valence electrons. The van der Waals surface area contributed by atoms with Crippen molar-refractivity contribution in [3.05, 3.63) is 46.9 Å². The third kappa shape index (κ3) is 4.52. The van der Waals surface area contributed by atoms with Crippen LogP contribution in [0.25, 0.3) is 10.7 Å². The van der Waals surface area contributed by atoms with Crippen molar-refractivity contribution in [1.29, 1.82) is 0 Å². The molecule has 3 N–H and O–H groups in total. The molecular weight excluding hydrogens is 416 g/mol. The van der Waals surface area contributed by atoms with Crippen molar-refractivity contribution in [3.8, 4) is 10.7 Å². The molecule has 0 aromatic carbocycles. The number of carbonyl (C=O) groups excluding carboxylic acids is 1. The Morgan fingerprint density at radius 2 is 2.26 bits per heavy atom. The number of hydrogen-bond donors (Lipinski definition) is 2. The van der Waals surface area contributed by atoms with Gasteiger partial charge in [-0.25, -0.2) is 4.98 Å². The van der Waals surface area contributed by atoms with Crippen LogP contribution in [0.1, 0.15) is 40.7 Å². The van der Waals surface area contributed by atoms with Gasteiger partial charge in [0.25, 0.3) is 5.91 Å². The van der Waals surface area contributed by atoms with Crippen LogP contribution in [0.15, 0.2) is 29.9 Å². The van der Waals surface area contributed by atoms with E-state index in [1.54, 1.807) is 29.6 Å². The molecule has 4 rings (SSSR count). The Morgan fingerprint density at radius 1 is 1.42 bits per heavy atom. The van der Waals surface area contributed by atoms with Crippen molar-refractivity contribution < 1.29 is 14.3 Å². The van der Waals surface area contributed by atoms with Crippen molar-refractivity contribution in [2.45, 2.75) is 38.0 Å². The molecular formula is C21H26N6O3S. The van der Waals surface area contributed by atoms with Gasteiger partial charge in [-0.1, -0.05) is 6.07 Å². The molecule has 4 heterocycles. The second kappa shape index (κ2) is 9.23. The lowest BCUT2D eigenvalue weighted by Gasteiger charge is -2.19. The van der Waals surface area contributed by atoms with E-state index >= 15 is 0 Å². The molecule has 3 aromatic heterocycles. The van der Waals surface area contributed by atoms with Crippen LogP contribution >= 0.6 is 11.3 Å². The number of methoxy groups -OCH3 is 1. The van der Waals surface area contributed by atoms with Gasteiger partial charge in [-0.05, 0) is 31.4 Å². The highest BCUT2D eigenvalue weighted by Crippen LogP contribution is 2.33. The number of rotatable bonds is 5. The molecule has 10 heteroatoms. The quantitative estimate of drug-likeness (QED) is 0.624. The van der Waals surface area contributed by atoms with Gasteiger partial charge in [0.2, 0.25) is 0 Å². The number of amides is 1. The molecule has 1 amide bonds. The molecule has 1 aliphatic rings. The van der Waals surface area contributed by atoms with E-state index in [1.807, 2.05) is 26.1 Å². The van der Waals surface area contributed by atoms with Crippen LogP contribution in [-0.4, -0.2) is 51.5 Å². The predicted molar refractivity (Wildman–Crippen MR) is 118 cm³/mol. The normalized spacial score (nSPS) is 21.6. The molecule has 1 aliphatic heterocycles. The van der Waals surface area contributed by atoms with Crippen molar-refractivity contribution in [2.75, 3.05) is 19.0 Å². The van der Waals surface area contributed by atoms with Crippen LogP contribution in [-0.2, 0) is 16.5 Å². The third-order valence-electron chi connectivity index (χ3n) is 5.49. The summed E-state index contributed by atoms with van der Waals surface area (Å²) in [6.07, 6.45) is 4.42. The maximum atomic E-state index is 12.9. The zero-order chi connectivity index (χ0) is 22.0. The molecule has 3 aromatic rings. The Balaban J connectivity index is 1.52. The summed E-state index contributed by atoms with van der Waals surface area (Å²) in [4.78, 5) is 21.8. The molecule has 1 fully saturated rings. The summed E-state index contributed by atoms with van der Waals surface area (Å²) in [5.74, 6) is -0.301. The van der Waals surface area contributed by atoms with Crippen molar-refractivity contribution >= 4 is 22.9 Å². The Bertz CT molecular complexity index is 1070. The lowest BCUT2D eigenvalue weighted by Crippen LogP contribution is -2.37. The predicted octanol–water partition coefficient (Wildman–Crippen LogP) is 2.69. The minimum atomic E-state index is -0.301. The molecule has 31 heavy (non-hydrogen) atoms. The van der Waals surface area contributed by atoms with E-state index in [0.29, 0.717) is 29.4 Å². The number of nitrogens with zero attached hydrogens (tertiary/aromatic N) is 4. The number of aryl methyl sites for hydroxylation is 2. The fraction of sp³-hybridized carbons (Fsp3) is 0.429. The summed E-state index contributed by atoms with van der Waals surface area (Å²) in [5, 5.41) is 9.71. The van der Waals surface area contributed by atoms with Gasteiger partial charge < -0.3 is 20.5 Å². The molecule has 1 saturated heterocycles. The molecule has 3 atom stereocenters. The van der Waals surface area contributed by atoms with Gasteiger partial charge >= 0.3 is 0 Å². The highest BCUT2D eigenvalue weighted by molar-refractivity contribution is 7.13. The van der Waals surface area contributed by atoms with E-state index < -0.39 is 0 Å². The van der Waals surface area contributed by atoms with Crippen molar-refractivity contribution in [2.24, 2.45) is 12.8 Å². The fourth-order valence-corrected chi connectivity index (χ4v) is 4.57. The minimum absolute atomic E-state index is 0.0928. The summed E-state index contributed by atoms with van der Waals surface area (Å²) >= 11 is 1.39. The number of thiazole rings is 1. The van der Waals surface area contributed by atoms with Crippen LogP contribution in [0.4, 0.5) is 5.69 Å². The molecule has 9 nitrogen and oxygen atoms in total. The molecule has 0 unspecified atom stereocenters. The Hall–Kier alpha value is -2.66. The average Bonchev–Trinajstić information content (AvgIpc) is 3.34. The van der Waals surface area contributed by atoms with Gasteiger partial charge in [0.15, 0.2) is 0 Å². The first kappa shape index (κ1) is 21.6. The van der Waals surface area contributed by atoms with Crippen LogP contribution < -0.4 is 11.1 Å². The lowest BCUT2D eigenvalue weighted by molar-refractivity contribution is -0.0211. The first-order valence-electron chi connectivity index (χ1n) is 10.1. The Kier molecular flexibility index (Phi) is 6.42. The summed E-state index contributed by atoms with van der Waals surface area (Å²) in [7, 11) is 3.47. The number of hydrogen-bond acceptors (Lipinski definition) is 8. The zero-order valence-corrected chi connectivity index (χ0v) is 18.6. The molecule has 0 saturated carbocycles. The number of aromatic nitrogens is 4. The monoisotopic (exact) mass is 442 g/mol. The van der Waals surface area contributed by atoms with E-state index in [-0.39, 0.29) is 24.2 Å². The number of carbonyl (C=O) groups is 1. The maximum absolute atomic E-state index is 12.9. The molecule has 0 radical (unpaired) electrons. The minimum Gasteiger partial charge on any atom is -0.377 e. The van der Waals surface area contributed by atoms with E-state index in [2.05, 4.69) is 20.4 Å². The second-order valence-corrected chi connectivity index (χ2v) is 8.42. The number of nitrogens with two attached hydrogens (primary N) is 1. The van der Waals surface area contributed by atoms with E-state index in [0.717, 1.165) is 23.4 Å². The van der Waals surface area contributed by atoms with Crippen molar-refractivity contribution in [1.82, 2.24) is 19.7 Å². The van der Waals surface area contributed by atoms with Gasteiger partial charge in [0.1, 0.15) is 22.5 Å². The Labute approximate surface area is 184 Å². The average molecular weight is 443 g/mol. The van der Waals surface area contributed by atoms with E-state index in [9.17, 15) is 4.79 Å². The molecule has 0 spiro atoms. The highest BCUT2D eigenvalue weighted by atomic mass is 32.1. The second-order valence-electron chi connectivity index (χ2n) is 7.57. The summed E-state index contributed by atoms with van der Waals surface area (Å²) in [6, 6.07) is 3.75. The van der Waals surface area contributed by atoms with Crippen molar-refractivity contribution in [3.63, 3.8) is 0 Å². The van der Waals surface area contributed by atoms with Gasteiger partial charge in [-0.15, -0.1) is 11.3 Å². The number of nitrogens with one attached hydrogen (secondary N) is 1. The molecule has 0 aliphatic carbocycles. The standard InChI is InChI=1S/C21H26N6O3S/c1-12-5-4-8-23-18(12)21-26-15(11-31-21)20(28)25-14-9-24-27(2)19(14)16-7-6-13(22)17(29-3)10-30-16/h4-5,8-9,11,13,16-17H,6-7,10,22H2,1-3H3,(H,25,28)/t13-,16+,17-/m1/s1. The van der Waals surface area contributed by atoms with Crippen LogP contribution in [0.3, 0.4) is 0 Å². The van der Waals surface area contributed by atoms with E-state index in [4.69, 9.17) is 15.2 Å². The van der Waals surface area contributed by atoms with Crippen LogP contribution in [0, 0.1) is 6.92 Å². The first-order chi connectivity index (χ1) is 15.0. The van der Waals surface area contributed by atoms with Gasteiger partial charge in [0.05, 0.1) is 30.3 Å². The van der Waals surface area contributed by atoms with Crippen LogP contribution in [0.5, 0.6) is 0 Å². The number of pyridine rings is 1. The topological polar surface area (TPSA) is 117 Å².